The van der Waals surface area contributed by atoms with Crippen molar-refractivity contribution in [3.63, 3.8) is 0 Å². The van der Waals surface area contributed by atoms with Crippen molar-refractivity contribution in [3.8, 4) is 0 Å². The predicted octanol–water partition coefficient (Wildman–Crippen LogP) is 2.55. The average Bonchev–Trinajstić information content (AvgIpc) is 3.02. The van der Waals surface area contributed by atoms with Crippen LogP contribution >= 0.6 is 0 Å². The number of nitrogens with zero attached hydrogens (tertiary/aromatic N) is 1. The molecule has 1 amide bonds. The molecule has 0 aliphatic carbocycles. The van der Waals surface area contributed by atoms with Crippen LogP contribution in [0.1, 0.15) is 42.6 Å². The number of aromatic nitrogens is 1. The van der Waals surface area contributed by atoms with Crippen molar-refractivity contribution in [1.29, 1.82) is 0 Å². The summed E-state index contributed by atoms with van der Waals surface area (Å²) in [5.74, 6) is -0.0130. The number of benzene rings is 1. The highest BCUT2D eigenvalue weighted by molar-refractivity contribution is 6.08. The molecule has 4 nitrogen and oxygen atoms in total. The maximum Gasteiger partial charge on any atom is 0.217 e. The molecule has 1 N–H and O–H groups in total. The first-order valence-corrected chi connectivity index (χ1v) is 6.73. The second-order valence-electron chi connectivity index (χ2n) is 5.03. The Morgan fingerprint density at radius 1 is 1.20 bits per heavy atom. The zero-order valence-electron chi connectivity index (χ0n) is 11.3. The fourth-order valence-corrected chi connectivity index (χ4v) is 2.77. The number of nitrogens with one attached hydrogen (secondary N) is 1. The molecule has 20 heavy (non-hydrogen) atoms. The second-order valence-corrected chi connectivity index (χ2v) is 5.03. The van der Waals surface area contributed by atoms with Gasteiger partial charge in [0.25, 0.3) is 0 Å². The van der Waals surface area contributed by atoms with E-state index in [0.717, 1.165) is 18.7 Å². The quantitative estimate of drug-likeness (QED) is 0.871. The van der Waals surface area contributed by atoms with E-state index in [0.29, 0.717) is 11.3 Å². The molecule has 0 spiro atoms. The Hall–Kier alpha value is -2.36. The van der Waals surface area contributed by atoms with Crippen molar-refractivity contribution in [2.75, 3.05) is 0 Å². The van der Waals surface area contributed by atoms with Crippen LogP contribution in [-0.2, 0) is 11.3 Å². The Morgan fingerprint density at radius 2 is 1.95 bits per heavy atom. The lowest BCUT2D eigenvalue weighted by molar-refractivity contribution is -0.119. The summed E-state index contributed by atoms with van der Waals surface area (Å²) >= 11 is 0. The van der Waals surface area contributed by atoms with Gasteiger partial charge in [0, 0.05) is 26.2 Å². The molecule has 1 aromatic carbocycles. The van der Waals surface area contributed by atoms with Gasteiger partial charge < -0.3 is 9.88 Å². The smallest absolute Gasteiger partial charge is 0.217 e. The summed E-state index contributed by atoms with van der Waals surface area (Å²) in [4.78, 5) is 23.7. The molecule has 0 fully saturated rings. The SMILES string of the molecule is CC(=O)NC1CCn2c(C(=O)c3ccccc3)ccc21.[HH]. The van der Waals surface area contributed by atoms with Gasteiger partial charge in [0.05, 0.1) is 11.7 Å². The molecule has 2 aromatic rings. The van der Waals surface area contributed by atoms with Crippen LogP contribution in [-0.4, -0.2) is 16.3 Å². The van der Waals surface area contributed by atoms with Gasteiger partial charge in [-0.1, -0.05) is 30.3 Å². The van der Waals surface area contributed by atoms with Crippen LogP contribution in [0.15, 0.2) is 42.5 Å². The summed E-state index contributed by atoms with van der Waals surface area (Å²) in [6.45, 7) is 2.28. The number of rotatable bonds is 3. The molecule has 1 unspecified atom stereocenters. The fourth-order valence-electron chi connectivity index (χ4n) is 2.77. The molecular weight excluding hydrogens is 252 g/mol. The van der Waals surface area contributed by atoms with Gasteiger partial charge in [0.1, 0.15) is 0 Å². The molecule has 0 saturated heterocycles. The Balaban J connectivity index is 0.00000161. The number of carbonyl (C=O) groups is 2. The van der Waals surface area contributed by atoms with Crippen LogP contribution in [0.25, 0.3) is 0 Å². The largest absolute Gasteiger partial charge is 0.348 e. The van der Waals surface area contributed by atoms with Gasteiger partial charge in [-0.25, -0.2) is 0 Å². The van der Waals surface area contributed by atoms with Gasteiger partial charge >= 0.3 is 0 Å². The van der Waals surface area contributed by atoms with Crippen molar-refractivity contribution >= 4 is 11.7 Å². The lowest BCUT2D eigenvalue weighted by atomic mass is 10.1. The molecule has 104 valence electrons. The Morgan fingerprint density at radius 3 is 2.65 bits per heavy atom. The van der Waals surface area contributed by atoms with E-state index in [-0.39, 0.29) is 19.2 Å². The predicted molar refractivity (Wildman–Crippen MR) is 77.6 cm³/mol. The normalized spacial score (nSPS) is 16.8. The summed E-state index contributed by atoms with van der Waals surface area (Å²) in [5.41, 5.74) is 2.40. The Labute approximate surface area is 118 Å². The van der Waals surface area contributed by atoms with Gasteiger partial charge in [0.2, 0.25) is 11.7 Å². The molecule has 0 radical (unpaired) electrons. The number of carbonyl (C=O) groups excluding carboxylic acids is 2. The van der Waals surface area contributed by atoms with Crippen LogP contribution in [0, 0.1) is 0 Å². The first-order chi connectivity index (χ1) is 9.66. The third-order valence-electron chi connectivity index (χ3n) is 3.66. The minimum atomic E-state index is -0.0411. The fraction of sp³-hybridized carbons (Fsp3) is 0.250. The molecule has 1 aliphatic heterocycles. The van der Waals surface area contributed by atoms with Crippen LogP contribution in [0.4, 0.5) is 0 Å². The molecular formula is C16H18N2O2. The summed E-state index contributed by atoms with van der Waals surface area (Å²) in [6, 6.07) is 13.1. The van der Waals surface area contributed by atoms with Crippen molar-refractivity contribution in [2.45, 2.75) is 25.9 Å². The molecule has 0 bridgehead atoms. The minimum absolute atomic E-state index is 0. The van der Waals surface area contributed by atoms with E-state index in [1.54, 1.807) is 0 Å². The van der Waals surface area contributed by atoms with E-state index in [1.165, 1.54) is 6.92 Å². The van der Waals surface area contributed by atoms with Crippen LogP contribution in [0.5, 0.6) is 0 Å². The highest BCUT2D eigenvalue weighted by atomic mass is 16.1. The first-order valence-electron chi connectivity index (χ1n) is 6.73. The number of ketones is 1. The van der Waals surface area contributed by atoms with E-state index < -0.39 is 0 Å². The van der Waals surface area contributed by atoms with Crippen LogP contribution in [0.2, 0.25) is 0 Å². The van der Waals surface area contributed by atoms with Gasteiger partial charge in [0.15, 0.2) is 0 Å². The molecule has 2 heterocycles. The Bertz CT molecular complexity index is 664. The molecule has 1 atom stereocenters. The van der Waals surface area contributed by atoms with E-state index in [1.807, 2.05) is 47.0 Å². The van der Waals surface area contributed by atoms with Crippen LogP contribution < -0.4 is 5.32 Å². The number of hydrogen-bond donors (Lipinski definition) is 1. The molecule has 1 aliphatic rings. The molecule has 1 aromatic heterocycles. The zero-order valence-corrected chi connectivity index (χ0v) is 11.3. The Kier molecular flexibility index (Phi) is 3.14. The standard InChI is InChI=1S/C16H16N2O2.H2/c1-11(19)17-13-9-10-18-14(13)7-8-15(18)16(20)12-5-3-2-4-6-12;/h2-8,13H,9-10H2,1H3,(H,17,19);1H. The van der Waals surface area contributed by atoms with Crippen molar-refractivity contribution in [3.05, 3.63) is 59.4 Å². The van der Waals surface area contributed by atoms with Gasteiger partial charge in [-0.15, -0.1) is 0 Å². The van der Waals surface area contributed by atoms with Crippen molar-refractivity contribution < 1.29 is 11.0 Å². The summed E-state index contributed by atoms with van der Waals surface area (Å²) in [5, 5.41) is 2.92. The molecule has 4 heteroatoms. The lowest BCUT2D eigenvalue weighted by Gasteiger charge is -2.09. The first kappa shape index (κ1) is 12.7. The van der Waals surface area contributed by atoms with E-state index >= 15 is 0 Å². The third kappa shape index (κ3) is 2.13. The zero-order chi connectivity index (χ0) is 14.1. The number of fused-ring (bicyclic) bond motifs is 1. The molecule has 3 rings (SSSR count). The second kappa shape index (κ2) is 4.96. The summed E-state index contributed by atoms with van der Waals surface area (Å²) < 4.78 is 2.01. The maximum atomic E-state index is 12.5. The van der Waals surface area contributed by atoms with Crippen LogP contribution in [0.3, 0.4) is 0 Å². The summed E-state index contributed by atoms with van der Waals surface area (Å²) in [7, 11) is 0. The maximum absolute atomic E-state index is 12.5. The highest BCUT2D eigenvalue weighted by Crippen LogP contribution is 2.29. The van der Waals surface area contributed by atoms with Gasteiger partial charge in [-0.05, 0) is 18.6 Å². The van der Waals surface area contributed by atoms with E-state index in [4.69, 9.17) is 0 Å². The molecule has 0 saturated carbocycles. The number of amides is 1. The highest BCUT2D eigenvalue weighted by Gasteiger charge is 2.27. The van der Waals surface area contributed by atoms with E-state index in [2.05, 4.69) is 5.32 Å². The average molecular weight is 270 g/mol. The minimum Gasteiger partial charge on any atom is -0.348 e. The lowest BCUT2D eigenvalue weighted by Crippen LogP contribution is -2.24. The summed E-state index contributed by atoms with van der Waals surface area (Å²) in [6.07, 6.45) is 0.838. The monoisotopic (exact) mass is 270 g/mol. The van der Waals surface area contributed by atoms with Gasteiger partial charge in [-0.2, -0.15) is 0 Å². The third-order valence-corrected chi connectivity index (χ3v) is 3.66. The number of hydrogen-bond acceptors (Lipinski definition) is 2. The topological polar surface area (TPSA) is 51.1 Å². The van der Waals surface area contributed by atoms with E-state index in [9.17, 15) is 9.59 Å². The van der Waals surface area contributed by atoms with Gasteiger partial charge in [-0.3, -0.25) is 9.59 Å². The van der Waals surface area contributed by atoms with Crippen molar-refractivity contribution in [1.82, 2.24) is 9.88 Å². The van der Waals surface area contributed by atoms with Crippen molar-refractivity contribution in [2.24, 2.45) is 0 Å².